The summed E-state index contributed by atoms with van der Waals surface area (Å²) in [6.07, 6.45) is 0.794. The lowest BCUT2D eigenvalue weighted by Crippen LogP contribution is -2.38. The van der Waals surface area contributed by atoms with E-state index in [0.29, 0.717) is 18.4 Å². The minimum Gasteiger partial charge on any atom is -0.467 e. The number of carbonyl (C=O) groups is 2. The fourth-order valence-electron chi connectivity index (χ4n) is 1.39. The zero-order valence-electron chi connectivity index (χ0n) is 9.34. The Bertz CT molecular complexity index is 434. The molecule has 1 amide bonds. The number of hydrogen-bond acceptors (Lipinski definition) is 4. The third-order valence-corrected chi connectivity index (χ3v) is 2.28. The first-order valence-electron chi connectivity index (χ1n) is 4.97. The average Bonchev–Trinajstić information content (AvgIpc) is 2.38. The number of nitrogens with one attached hydrogen (secondary N) is 1. The van der Waals surface area contributed by atoms with Gasteiger partial charge < -0.3 is 10.1 Å². The first kappa shape index (κ1) is 12.7. The normalized spacial score (nSPS) is 11.1. The van der Waals surface area contributed by atoms with Crippen LogP contribution < -0.4 is 5.32 Å². The maximum Gasteiger partial charge on any atom is 0.328 e. The van der Waals surface area contributed by atoms with Gasteiger partial charge in [0.1, 0.15) is 6.04 Å². The lowest BCUT2D eigenvalue weighted by atomic mass is 10.0. The number of ether oxygens (including phenoxy) is 1. The second-order valence-electron chi connectivity index (χ2n) is 3.37. The Kier molecular flexibility index (Phi) is 4.70. The number of esters is 1. The van der Waals surface area contributed by atoms with Crippen LogP contribution in [0.25, 0.3) is 0 Å². The third-order valence-electron chi connectivity index (χ3n) is 2.28. The second-order valence-corrected chi connectivity index (χ2v) is 3.37. The number of nitrogens with zero attached hydrogens (tertiary/aromatic N) is 1. The number of methoxy groups -OCH3 is 1. The number of benzene rings is 1. The molecule has 1 aromatic carbocycles. The maximum atomic E-state index is 11.3. The summed E-state index contributed by atoms with van der Waals surface area (Å²) in [5.41, 5.74) is 1.39. The van der Waals surface area contributed by atoms with Gasteiger partial charge in [-0.3, -0.25) is 4.79 Å². The van der Waals surface area contributed by atoms with E-state index in [1.807, 2.05) is 6.07 Å². The number of rotatable bonds is 5. The molecule has 0 saturated carbocycles. The molecule has 0 spiro atoms. The third kappa shape index (κ3) is 3.61. The molecule has 0 heterocycles. The second kappa shape index (κ2) is 6.28. The molecule has 0 aliphatic heterocycles. The minimum atomic E-state index is -0.703. The summed E-state index contributed by atoms with van der Waals surface area (Å²) < 4.78 is 4.57. The SMILES string of the molecule is COC(=O)C(Cc1ccc(C#N)cc1)NC=O. The lowest BCUT2D eigenvalue weighted by molar-refractivity contribution is -0.144. The summed E-state index contributed by atoms with van der Waals surface area (Å²) in [4.78, 5) is 21.7. The standard InChI is InChI=1S/C12H12N2O3/c1-17-12(16)11(14-8-15)6-9-2-4-10(7-13)5-3-9/h2-5,8,11H,6H2,1H3,(H,14,15). The molecule has 0 aromatic heterocycles. The molecule has 0 aliphatic carbocycles. The van der Waals surface area contributed by atoms with Gasteiger partial charge in [-0.25, -0.2) is 4.79 Å². The molecule has 1 aromatic rings. The van der Waals surface area contributed by atoms with Gasteiger partial charge in [0.05, 0.1) is 18.7 Å². The Labute approximate surface area is 99.0 Å². The van der Waals surface area contributed by atoms with Crippen LogP contribution in [0.1, 0.15) is 11.1 Å². The van der Waals surface area contributed by atoms with Crippen LogP contribution in [-0.2, 0) is 20.7 Å². The van der Waals surface area contributed by atoms with Gasteiger partial charge in [0.2, 0.25) is 6.41 Å². The van der Waals surface area contributed by atoms with Crippen LogP contribution in [0.2, 0.25) is 0 Å². The summed E-state index contributed by atoms with van der Waals surface area (Å²) in [7, 11) is 1.26. The lowest BCUT2D eigenvalue weighted by Gasteiger charge is -2.13. The molecule has 5 heteroatoms. The van der Waals surface area contributed by atoms with Crippen LogP contribution in [0.5, 0.6) is 0 Å². The highest BCUT2D eigenvalue weighted by atomic mass is 16.5. The van der Waals surface area contributed by atoms with E-state index in [9.17, 15) is 9.59 Å². The molecule has 1 atom stereocenters. The van der Waals surface area contributed by atoms with Crippen LogP contribution in [0, 0.1) is 11.3 Å². The van der Waals surface area contributed by atoms with E-state index >= 15 is 0 Å². The Morgan fingerprint density at radius 3 is 2.65 bits per heavy atom. The van der Waals surface area contributed by atoms with Crippen molar-refractivity contribution < 1.29 is 14.3 Å². The van der Waals surface area contributed by atoms with E-state index in [4.69, 9.17) is 5.26 Å². The van der Waals surface area contributed by atoms with E-state index in [1.54, 1.807) is 24.3 Å². The van der Waals surface area contributed by atoms with Gasteiger partial charge >= 0.3 is 5.97 Å². The molecule has 0 aliphatic rings. The highest BCUT2D eigenvalue weighted by Gasteiger charge is 2.18. The van der Waals surface area contributed by atoms with Crippen LogP contribution >= 0.6 is 0 Å². The Morgan fingerprint density at radius 1 is 1.53 bits per heavy atom. The fourth-order valence-corrected chi connectivity index (χ4v) is 1.39. The molecule has 0 radical (unpaired) electrons. The van der Waals surface area contributed by atoms with Crippen molar-refractivity contribution in [1.82, 2.24) is 5.32 Å². The van der Waals surface area contributed by atoms with E-state index < -0.39 is 12.0 Å². The molecule has 1 N–H and O–H groups in total. The van der Waals surface area contributed by atoms with E-state index in [0.717, 1.165) is 5.56 Å². The summed E-state index contributed by atoms with van der Waals surface area (Å²) in [6.45, 7) is 0. The molecule has 88 valence electrons. The molecule has 17 heavy (non-hydrogen) atoms. The Balaban J connectivity index is 2.75. The first-order chi connectivity index (χ1) is 8.21. The molecule has 0 bridgehead atoms. The summed E-state index contributed by atoms with van der Waals surface area (Å²) in [6, 6.07) is 8.09. The topological polar surface area (TPSA) is 79.2 Å². The maximum absolute atomic E-state index is 11.3. The zero-order chi connectivity index (χ0) is 12.7. The van der Waals surface area contributed by atoms with Crippen LogP contribution in [0.3, 0.4) is 0 Å². The van der Waals surface area contributed by atoms with Crippen molar-refractivity contribution in [3.63, 3.8) is 0 Å². The summed E-state index contributed by atoms with van der Waals surface area (Å²) in [5.74, 6) is -0.499. The number of amides is 1. The Hall–Kier alpha value is -2.35. The van der Waals surface area contributed by atoms with Crippen molar-refractivity contribution in [1.29, 1.82) is 5.26 Å². The van der Waals surface area contributed by atoms with Gasteiger partial charge in [0.25, 0.3) is 0 Å². The molecule has 5 nitrogen and oxygen atoms in total. The summed E-state index contributed by atoms with van der Waals surface area (Å²) >= 11 is 0. The van der Waals surface area contributed by atoms with E-state index in [-0.39, 0.29) is 0 Å². The average molecular weight is 232 g/mol. The van der Waals surface area contributed by atoms with Crippen molar-refractivity contribution in [2.24, 2.45) is 0 Å². The highest BCUT2D eigenvalue weighted by molar-refractivity contribution is 5.78. The van der Waals surface area contributed by atoms with Crippen molar-refractivity contribution in [2.75, 3.05) is 7.11 Å². The van der Waals surface area contributed by atoms with E-state index in [2.05, 4.69) is 10.1 Å². The van der Waals surface area contributed by atoms with Crippen LogP contribution in [0.4, 0.5) is 0 Å². The molecule has 0 saturated heterocycles. The van der Waals surface area contributed by atoms with Gasteiger partial charge in [-0.2, -0.15) is 5.26 Å². The molecule has 1 rings (SSSR count). The van der Waals surface area contributed by atoms with Crippen molar-refractivity contribution in [3.05, 3.63) is 35.4 Å². The molecular formula is C12H12N2O3. The van der Waals surface area contributed by atoms with Gasteiger partial charge in [-0.1, -0.05) is 12.1 Å². The monoisotopic (exact) mass is 232 g/mol. The van der Waals surface area contributed by atoms with Gasteiger partial charge in [0.15, 0.2) is 0 Å². The van der Waals surface area contributed by atoms with Gasteiger partial charge in [-0.05, 0) is 17.7 Å². The fraction of sp³-hybridized carbons (Fsp3) is 0.250. The van der Waals surface area contributed by atoms with Gasteiger partial charge in [-0.15, -0.1) is 0 Å². The van der Waals surface area contributed by atoms with Gasteiger partial charge in [0, 0.05) is 6.42 Å². The number of carbonyl (C=O) groups excluding carboxylic acids is 2. The smallest absolute Gasteiger partial charge is 0.328 e. The van der Waals surface area contributed by atoms with Crippen molar-refractivity contribution in [2.45, 2.75) is 12.5 Å². The Morgan fingerprint density at radius 2 is 2.18 bits per heavy atom. The van der Waals surface area contributed by atoms with Crippen LogP contribution in [-0.4, -0.2) is 25.5 Å². The van der Waals surface area contributed by atoms with Crippen LogP contribution in [0.15, 0.2) is 24.3 Å². The number of nitriles is 1. The van der Waals surface area contributed by atoms with Crippen molar-refractivity contribution >= 4 is 12.4 Å². The first-order valence-corrected chi connectivity index (χ1v) is 4.97. The number of hydrogen-bond donors (Lipinski definition) is 1. The zero-order valence-corrected chi connectivity index (χ0v) is 9.34. The summed E-state index contributed by atoms with van der Waals surface area (Å²) in [5, 5.41) is 11.0. The van der Waals surface area contributed by atoms with Crippen molar-refractivity contribution in [3.8, 4) is 6.07 Å². The van der Waals surface area contributed by atoms with E-state index in [1.165, 1.54) is 7.11 Å². The quantitative estimate of drug-likeness (QED) is 0.588. The predicted molar refractivity (Wildman–Crippen MR) is 59.9 cm³/mol. The minimum absolute atomic E-state index is 0.330. The largest absolute Gasteiger partial charge is 0.467 e. The molecule has 1 unspecified atom stereocenters. The predicted octanol–water partition coefficient (Wildman–Crippen LogP) is 0.388. The molecular weight excluding hydrogens is 220 g/mol. The molecule has 0 fully saturated rings. The highest BCUT2D eigenvalue weighted by Crippen LogP contribution is 2.07.